The quantitative estimate of drug-likeness (QED) is 0.859. The van der Waals surface area contributed by atoms with Gasteiger partial charge in [-0.3, -0.25) is 4.57 Å². The van der Waals surface area contributed by atoms with Crippen molar-refractivity contribution in [2.75, 3.05) is 6.54 Å². The van der Waals surface area contributed by atoms with Gasteiger partial charge in [0.2, 0.25) is 0 Å². The number of benzene rings is 1. The van der Waals surface area contributed by atoms with Crippen LogP contribution in [0.2, 0.25) is 0 Å². The molecule has 2 aromatic rings. The van der Waals surface area contributed by atoms with Crippen LogP contribution in [0.5, 0.6) is 0 Å². The van der Waals surface area contributed by atoms with Gasteiger partial charge < -0.3 is 5.32 Å². The fourth-order valence-corrected chi connectivity index (χ4v) is 2.21. The number of nitrogens with zero attached hydrogens (tertiary/aromatic N) is 3. The molecule has 1 aromatic heterocycles. The number of hydrogen-bond acceptors (Lipinski definition) is 3. The van der Waals surface area contributed by atoms with Crippen molar-refractivity contribution in [3.8, 4) is 5.69 Å². The predicted molar refractivity (Wildman–Crippen MR) is 61.3 cm³/mol. The van der Waals surface area contributed by atoms with Crippen LogP contribution < -0.4 is 5.32 Å². The Morgan fingerprint density at radius 1 is 1.41 bits per heavy atom. The lowest BCUT2D eigenvalue weighted by Crippen LogP contribution is -2.17. The molecule has 1 aliphatic heterocycles. The molecule has 0 saturated carbocycles. The van der Waals surface area contributed by atoms with Crippen LogP contribution in [0.15, 0.2) is 30.6 Å². The number of halogens is 1. The smallest absolute Gasteiger partial charge is 0.154 e. The van der Waals surface area contributed by atoms with E-state index in [1.165, 1.54) is 12.1 Å². The summed E-state index contributed by atoms with van der Waals surface area (Å²) in [5, 5.41) is 11.4. The second kappa shape index (κ2) is 4.25. The molecule has 17 heavy (non-hydrogen) atoms. The standard InChI is InChI=1S/C12H13FN4/c13-9-3-1-4-10(7-9)17-8-15-16-12(17)11-5-2-6-14-11/h1,3-4,7-8,11,14H,2,5-6H2. The Morgan fingerprint density at radius 2 is 2.35 bits per heavy atom. The molecule has 1 saturated heterocycles. The molecule has 2 heterocycles. The molecule has 1 fully saturated rings. The predicted octanol–water partition coefficient (Wildman–Crippen LogP) is 1.83. The fourth-order valence-electron chi connectivity index (χ4n) is 2.21. The van der Waals surface area contributed by atoms with E-state index in [-0.39, 0.29) is 11.9 Å². The molecule has 1 unspecified atom stereocenters. The molecule has 0 spiro atoms. The maximum atomic E-state index is 13.2. The maximum absolute atomic E-state index is 13.2. The van der Waals surface area contributed by atoms with Gasteiger partial charge in [0.05, 0.1) is 11.7 Å². The van der Waals surface area contributed by atoms with E-state index in [4.69, 9.17) is 0 Å². The minimum atomic E-state index is -0.249. The summed E-state index contributed by atoms with van der Waals surface area (Å²) in [7, 11) is 0. The number of aromatic nitrogens is 3. The Balaban J connectivity index is 2.00. The van der Waals surface area contributed by atoms with Crippen LogP contribution in [-0.2, 0) is 0 Å². The van der Waals surface area contributed by atoms with Crippen LogP contribution in [0, 0.1) is 5.82 Å². The Hall–Kier alpha value is -1.75. The third-order valence-electron chi connectivity index (χ3n) is 3.03. The van der Waals surface area contributed by atoms with Gasteiger partial charge in [-0.15, -0.1) is 10.2 Å². The van der Waals surface area contributed by atoms with Gasteiger partial charge in [0.25, 0.3) is 0 Å². The first-order valence-electron chi connectivity index (χ1n) is 5.74. The van der Waals surface area contributed by atoms with E-state index in [0.29, 0.717) is 0 Å². The van der Waals surface area contributed by atoms with E-state index in [0.717, 1.165) is 30.9 Å². The molecule has 1 N–H and O–H groups in total. The molecule has 88 valence electrons. The third-order valence-corrected chi connectivity index (χ3v) is 3.03. The van der Waals surface area contributed by atoms with Crippen molar-refractivity contribution in [2.24, 2.45) is 0 Å². The van der Waals surface area contributed by atoms with Crippen LogP contribution in [-0.4, -0.2) is 21.3 Å². The highest BCUT2D eigenvalue weighted by atomic mass is 19.1. The van der Waals surface area contributed by atoms with Crippen molar-refractivity contribution in [3.05, 3.63) is 42.2 Å². The lowest BCUT2D eigenvalue weighted by molar-refractivity contribution is 0.589. The Labute approximate surface area is 98.5 Å². The fraction of sp³-hybridized carbons (Fsp3) is 0.333. The highest BCUT2D eigenvalue weighted by Gasteiger charge is 2.22. The summed E-state index contributed by atoms with van der Waals surface area (Å²) in [4.78, 5) is 0. The molecule has 5 heteroatoms. The van der Waals surface area contributed by atoms with Crippen LogP contribution in [0.3, 0.4) is 0 Å². The lowest BCUT2D eigenvalue weighted by atomic mass is 10.2. The molecule has 0 bridgehead atoms. The second-order valence-corrected chi connectivity index (χ2v) is 4.19. The van der Waals surface area contributed by atoms with Crippen molar-refractivity contribution in [1.82, 2.24) is 20.1 Å². The third kappa shape index (κ3) is 1.93. The first-order chi connectivity index (χ1) is 8.34. The number of hydrogen-bond donors (Lipinski definition) is 1. The van der Waals surface area contributed by atoms with Gasteiger partial charge in [-0.2, -0.15) is 0 Å². The Morgan fingerprint density at radius 3 is 3.12 bits per heavy atom. The van der Waals surface area contributed by atoms with Gasteiger partial charge in [-0.1, -0.05) is 6.07 Å². The summed E-state index contributed by atoms with van der Waals surface area (Å²) < 4.78 is 15.0. The normalized spacial score (nSPS) is 19.7. The minimum absolute atomic E-state index is 0.223. The van der Waals surface area contributed by atoms with Crippen molar-refractivity contribution >= 4 is 0 Å². The number of nitrogens with one attached hydrogen (secondary N) is 1. The largest absolute Gasteiger partial charge is 0.307 e. The van der Waals surface area contributed by atoms with Crippen LogP contribution in [0.4, 0.5) is 4.39 Å². The molecule has 0 radical (unpaired) electrons. The first-order valence-corrected chi connectivity index (χ1v) is 5.74. The summed E-state index contributed by atoms with van der Waals surface area (Å²) >= 11 is 0. The van der Waals surface area contributed by atoms with Crippen LogP contribution in [0.25, 0.3) is 5.69 Å². The average molecular weight is 232 g/mol. The average Bonchev–Trinajstić information content (AvgIpc) is 3.00. The molecular weight excluding hydrogens is 219 g/mol. The molecule has 4 nitrogen and oxygen atoms in total. The lowest BCUT2D eigenvalue weighted by Gasteiger charge is -2.11. The van der Waals surface area contributed by atoms with Crippen LogP contribution in [0.1, 0.15) is 24.7 Å². The molecule has 1 aliphatic rings. The molecule has 0 amide bonds. The van der Waals surface area contributed by atoms with Gasteiger partial charge in [0.15, 0.2) is 5.82 Å². The topological polar surface area (TPSA) is 42.7 Å². The van der Waals surface area contributed by atoms with E-state index in [2.05, 4.69) is 15.5 Å². The maximum Gasteiger partial charge on any atom is 0.154 e. The monoisotopic (exact) mass is 232 g/mol. The Bertz CT molecular complexity index is 517. The van der Waals surface area contributed by atoms with Gasteiger partial charge in [0, 0.05) is 0 Å². The molecule has 1 atom stereocenters. The highest BCUT2D eigenvalue weighted by molar-refractivity contribution is 5.33. The summed E-state index contributed by atoms with van der Waals surface area (Å²) in [6.07, 6.45) is 3.82. The molecule has 0 aliphatic carbocycles. The summed E-state index contributed by atoms with van der Waals surface area (Å²) in [5.41, 5.74) is 0.763. The van der Waals surface area contributed by atoms with E-state index < -0.39 is 0 Å². The van der Waals surface area contributed by atoms with Crippen molar-refractivity contribution < 1.29 is 4.39 Å². The Kier molecular flexibility index (Phi) is 2.60. The minimum Gasteiger partial charge on any atom is -0.307 e. The van der Waals surface area contributed by atoms with Crippen molar-refractivity contribution in [1.29, 1.82) is 0 Å². The second-order valence-electron chi connectivity index (χ2n) is 4.19. The van der Waals surface area contributed by atoms with E-state index >= 15 is 0 Å². The molecule has 1 aromatic carbocycles. The molecule has 3 rings (SSSR count). The van der Waals surface area contributed by atoms with E-state index in [9.17, 15) is 4.39 Å². The van der Waals surface area contributed by atoms with E-state index in [1.807, 2.05) is 10.6 Å². The van der Waals surface area contributed by atoms with Gasteiger partial charge in [0.1, 0.15) is 12.1 Å². The van der Waals surface area contributed by atoms with Gasteiger partial charge in [-0.25, -0.2) is 4.39 Å². The van der Waals surface area contributed by atoms with Gasteiger partial charge in [-0.05, 0) is 37.6 Å². The van der Waals surface area contributed by atoms with Crippen molar-refractivity contribution in [2.45, 2.75) is 18.9 Å². The SMILES string of the molecule is Fc1cccc(-n2cnnc2C2CCCN2)c1. The molecular formula is C12H13FN4. The van der Waals surface area contributed by atoms with Crippen molar-refractivity contribution in [3.63, 3.8) is 0 Å². The van der Waals surface area contributed by atoms with E-state index in [1.54, 1.807) is 12.4 Å². The summed E-state index contributed by atoms with van der Waals surface area (Å²) in [6, 6.07) is 6.69. The highest BCUT2D eigenvalue weighted by Crippen LogP contribution is 2.23. The summed E-state index contributed by atoms with van der Waals surface area (Å²) in [5.74, 6) is 0.606. The zero-order valence-electron chi connectivity index (χ0n) is 9.31. The zero-order chi connectivity index (χ0) is 11.7. The van der Waals surface area contributed by atoms with Gasteiger partial charge >= 0.3 is 0 Å². The summed E-state index contributed by atoms with van der Waals surface area (Å²) in [6.45, 7) is 1.00. The number of rotatable bonds is 2. The first kappa shape index (κ1) is 10.4. The zero-order valence-corrected chi connectivity index (χ0v) is 9.31. The van der Waals surface area contributed by atoms with Crippen LogP contribution >= 0.6 is 0 Å².